The minimum Gasteiger partial charge on any atom is -0.309 e. The predicted octanol–water partition coefficient (Wildman–Crippen LogP) is 17.4. The summed E-state index contributed by atoms with van der Waals surface area (Å²) in [5, 5.41) is 12.1. The molecular weight excluding hydrogens is 883 g/mol. The zero-order chi connectivity index (χ0) is 46.6. The number of benzene rings is 11. The summed E-state index contributed by atoms with van der Waals surface area (Å²) in [6.07, 6.45) is 0. The van der Waals surface area contributed by atoms with Gasteiger partial charge in [0.15, 0.2) is 17.5 Å². The van der Waals surface area contributed by atoms with Crippen LogP contribution >= 0.6 is 11.3 Å². The lowest BCUT2D eigenvalue weighted by molar-refractivity contribution is 1.07. The summed E-state index contributed by atoms with van der Waals surface area (Å²) in [5.74, 6) is 1.83. The third-order valence-electron chi connectivity index (χ3n) is 14.3. The van der Waals surface area contributed by atoms with Gasteiger partial charge >= 0.3 is 0 Å². The highest BCUT2D eigenvalue weighted by Gasteiger charge is 2.24. The molecule has 71 heavy (non-hydrogen) atoms. The third kappa shape index (κ3) is 6.22. The summed E-state index contributed by atoms with van der Waals surface area (Å²) >= 11 is 1.85. The van der Waals surface area contributed by atoms with Crippen LogP contribution in [0.4, 0.5) is 0 Å². The smallest absolute Gasteiger partial charge is 0.164 e. The number of nitrogens with zero attached hydrogens (tertiary/aromatic N) is 5. The van der Waals surface area contributed by atoms with Crippen LogP contribution in [0, 0.1) is 0 Å². The van der Waals surface area contributed by atoms with Gasteiger partial charge in [0.05, 0.1) is 27.8 Å². The van der Waals surface area contributed by atoms with Crippen LogP contribution in [-0.2, 0) is 0 Å². The molecule has 0 saturated heterocycles. The van der Waals surface area contributed by atoms with E-state index in [1.165, 1.54) is 68.8 Å². The Morgan fingerprint density at radius 3 is 1.61 bits per heavy atom. The molecule has 0 unspecified atom stereocenters. The number of hydrogen-bond acceptors (Lipinski definition) is 4. The molecule has 0 radical (unpaired) electrons. The molecule has 330 valence electrons. The van der Waals surface area contributed by atoms with Crippen molar-refractivity contribution in [1.29, 1.82) is 0 Å². The molecule has 0 aliphatic carbocycles. The van der Waals surface area contributed by atoms with Gasteiger partial charge in [0, 0.05) is 75.2 Å². The average Bonchev–Trinajstić information content (AvgIpc) is 4.09. The van der Waals surface area contributed by atoms with E-state index in [0.29, 0.717) is 17.5 Å². The Bertz CT molecular complexity index is 4640. The van der Waals surface area contributed by atoms with E-state index in [2.05, 4.69) is 228 Å². The van der Waals surface area contributed by atoms with Crippen molar-refractivity contribution in [2.45, 2.75) is 0 Å². The van der Waals surface area contributed by atoms with Crippen molar-refractivity contribution < 1.29 is 0 Å². The number of rotatable bonds is 6. The lowest BCUT2D eigenvalue weighted by Gasteiger charge is -2.19. The average molecular weight is 922 g/mol. The lowest BCUT2D eigenvalue weighted by atomic mass is 9.91. The molecule has 0 N–H and O–H groups in total. The molecule has 0 fully saturated rings. The summed E-state index contributed by atoms with van der Waals surface area (Å²) in [6, 6.07) is 85.2. The lowest BCUT2D eigenvalue weighted by Crippen LogP contribution is -2.02. The topological polar surface area (TPSA) is 48.5 Å². The molecular formula is C65H39N5S. The van der Waals surface area contributed by atoms with Crippen molar-refractivity contribution in [1.82, 2.24) is 24.1 Å². The Balaban J connectivity index is 1.03. The Morgan fingerprint density at radius 1 is 0.310 bits per heavy atom. The summed E-state index contributed by atoms with van der Waals surface area (Å²) in [6.45, 7) is 0. The van der Waals surface area contributed by atoms with E-state index in [1.54, 1.807) is 0 Å². The SMILES string of the molecule is c1ccc(-c2nc(-c3ccc(-n4c5ccccc5c5cc6ccccc6cc54)c(-c4c5ccccc5cc5sc6ccccc6c45)c3)nc(-c3ccc4c5ccccc5n(-c5ccccc5)c4c3)n2)cc1. The molecule has 6 heteroatoms. The van der Waals surface area contributed by atoms with Crippen molar-refractivity contribution in [3.8, 4) is 56.7 Å². The van der Waals surface area contributed by atoms with E-state index in [1.807, 2.05) is 29.5 Å². The number of para-hydroxylation sites is 3. The maximum atomic E-state index is 5.45. The fraction of sp³-hybridized carbons (Fsp3) is 0. The molecule has 0 amide bonds. The van der Waals surface area contributed by atoms with Crippen LogP contribution in [0.5, 0.6) is 0 Å². The zero-order valence-electron chi connectivity index (χ0n) is 38.2. The summed E-state index contributed by atoms with van der Waals surface area (Å²) in [7, 11) is 0. The Labute approximate surface area is 411 Å². The van der Waals surface area contributed by atoms with Crippen molar-refractivity contribution in [2.75, 3.05) is 0 Å². The number of thiophene rings is 1. The molecule has 4 aromatic heterocycles. The number of hydrogen-bond donors (Lipinski definition) is 0. The fourth-order valence-corrected chi connectivity index (χ4v) is 12.3. The van der Waals surface area contributed by atoms with Gasteiger partial charge in [-0.2, -0.15) is 0 Å². The van der Waals surface area contributed by atoms with Crippen LogP contribution in [0.15, 0.2) is 237 Å². The highest BCUT2D eigenvalue weighted by atomic mass is 32.1. The first-order chi connectivity index (χ1) is 35.2. The number of fused-ring (bicyclic) bond motifs is 11. The maximum absolute atomic E-state index is 5.45. The Morgan fingerprint density at radius 2 is 0.845 bits per heavy atom. The molecule has 0 bridgehead atoms. The minimum atomic E-state index is 0.602. The normalized spacial score (nSPS) is 11.9. The molecule has 4 heterocycles. The van der Waals surface area contributed by atoms with Gasteiger partial charge in [-0.3, -0.25) is 0 Å². The van der Waals surface area contributed by atoms with E-state index in [-0.39, 0.29) is 0 Å². The second kappa shape index (κ2) is 15.7. The Hall–Kier alpha value is -9.23. The van der Waals surface area contributed by atoms with E-state index in [9.17, 15) is 0 Å². The number of aromatic nitrogens is 5. The first-order valence-corrected chi connectivity index (χ1v) is 24.8. The monoisotopic (exact) mass is 921 g/mol. The molecule has 0 aliphatic rings. The first-order valence-electron chi connectivity index (χ1n) is 24.0. The fourth-order valence-electron chi connectivity index (χ4n) is 11.1. The standard InChI is InChI=1S/C65H39N5S/c1-3-17-40(18-4-1)63-66-64(68-65(67-63)45-31-33-50-48-25-11-14-28-54(48)69(57(50)38-45)46-22-5-2-6-23-46)44-32-34-56(70-55-29-15-12-26-49(55)52-35-41-19-7-8-20-42(41)37-58(52)70)53(36-44)61-47-24-10-9-21-43(47)39-60-62(61)51-27-13-16-30-59(51)71-60/h1-39H. The van der Waals surface area contributed by atoms with Crippen molar-refractivity contribution in [3.63, 3.8) is 0 Å². The molecule has 0 atom stereocenters. The first kappa shape index (κ1) is 39.7. The molecule has 15 rings (SSSR count). The van der Waals surface area contributed by atoms with Crippen molar-refractivity contribution in [2.24, 2.45) is 0 Å². The summed E-state index contributed by atoms with van der Waals surface area (Å²) in [5.41, 5.74) is 11.7. The molecule has 0 saturated carbocycles. The van der Waals surface area contributed by atoms with Gasteiger partial charge in [-0.15, -0.1) is 11.3 Å². The maximum Gasteiger partial charge on any atom is 0.164 e. The van der Waals surface area contributed by atoms with Crippen molar-refractivity contribution >= 4 is 96.7 Å². The largest absolute Gasteiger partial charge is 0.309 e. The van der Waals surface area contributed by atoms with Crippen LogP contribution in [0.25, 0.3) is 142 Å². The highest BCUT2D eigenvalue weighted by Crippen LogP contribution is 2.48. The van der Waals surface area contributed by atoms with Crippen LogP contribution < -0.4 is 0 Å². The van der Waals surface area contributed by atoms with E-state index in [4.69, 9.17) is 15.0 Å². The molecule has 0 aliphatic heterocycles. The summed E-state index contributed by atoms with van der Waals surface area (Å²) < 4.78 is 7.34. The van der Waals surface area contributed by atoms with Crippen LogP contribution in [0.1, 0.15) is 0 Å². The second-order valence-electron chi connectivity index (χ2n) is 18.3. The van der Waals surface area contributed by atoms with Gasteiger partial charge < -0.3 is 9.13 Å². The highest BCUT2D eigenvalue weighted by molar-refractivity contribution is 7.26. The van der Waals surface area contributed by atoms with Crippen LogP contribution in [-0.4, -0.2) is 24.1 Å². The van der Waals surface area contributed by atoms with E-state index < -0.39 is 0 Å². The molecule has 0 spiro atoms. The van der Waals surface area contributed by atoms with Crippen molar-refractivity contribution in [3.05, 3.63) is 237 Å². The van der Waals surface area contributed by atoms with Crippen LogP contribution in [0.2, 0.25) is 0 Å². The van der Waals surface area contributed by atoms with Gasteiger partial charge in [-0.1, -0.05) is 164 Å². The third-order valence-corrected chi connectivity index (χ3v) is 15.4. The van der Waals surface area contributed by atoms with E-state index >= 15 is 0 Å². The summed E-state index contributed by atoms with van der Waals surface area (Å²) in [4.78, 5) is 16.1. The second-order valence-corrected chi connectivity index (χ2v) is 19.4. The van der Waals surface area contributed by atoms with E-state index in [0.717, 1.165) is 55.7 Å². The quantitative estimate of drug-likeness (QED) is 0.167. The van der Waals surface area contributed by atoms with Gasteiger partial charge in [-0.05, 0) is 94.3 Å². The molecule has 15 aromatic rings. The Kier molecular flexibility index (Phi) is 8.76. The zero-order valence-corrected chi connectivity index (χ0v) is 39.0. The predicted molar refractivity (Wildman–Crippen MR) is 298 cm³/mol. The molecule has 11 aromatic carbocycles. The molecule has 5 nitrogen and oxygen atoms in total. The van der Waals surface area contributed by atoms with Gasteiger partial charge in [-0.25, -0.2) is 15.0 Å². The van der Waals surface area contributed by atoms with Gasteiger partial charge in [0.1, 0.15) is 0 Å². The van der Waals surface area contributed by atoms with Crippen LogP contribution in [0.3, 0.4) is 0 Å². The van der Waals surface area contributed by atoms with Gasteiger partial charge in [0.25, 0.3) is 0 Å². The minimum absolute atomic E-state index is 0.602. The van der Waals surface area contributed by atoms with Gasteiger partial charge in [0.2, 0.25) is 0 Å².